The average Bonchev–Trinajstić information content (AvgIpc) is 3.20. The average molecular weight is 500 g/mol. The van der Waals surface area contributed by atoms with E-state index in [0.717, 1.165) is 22.5 Å². The molecule has 0 radical (unpaired) electrons. The first-order chi connectivity index (χ1) is 16.8. The van der Waals surface area contributed by atoms with Crippen molar-refractivity contribution < 1.29 is 23.9 Å². The third kappa shape index (κ3) is 6.99. The van der Waals surface area contributed by atoms with Gasteiger partial charge in [-0.05, 0) is 65.7 Å². The Bertz CT molecular complexity index is 1100. The second-order valence-electron chi connectivity index (χ2n) is 10.3. The largest absolute Gasteiger partial charge is 0.447 e. The molecule has 1 aliphatic rings. The molecule has 0 saturated heterocycles. The lowest BCUT2D eigenvalue weighted by Gasteiger charge is -2.39. The fraction of sp³-hybridized carbons (Fsp3) is 0.538. The number of alkyl carbamates (subject to hydrolysis) is 2. The fourth-order valence-corrected chi connectivity index (χ4v) is 4.26. The van der Waals surface area contributed by atoms with Crippen LogP contribution < -0.4 is 15.5 Å². The van der Waals surface area contributed by atoms with Gasteiger partial charge in [-0.2, -0.15) is 0 Å². The number of amides is 3. The van der Waals surface area contributed by atoms with Gasteiger partial charge in [0.2, 0.25) is 5.91 Å². The molecule has 196 valence electrons. The molecule has 2 unspecified atom stereocenters. The van der Waals surface area contributed by atoms with Crippen molar-refractivity contribution in [3.05, 3.63) is 36.3 Å². The molecular formula is C26H37N5O5. The molecule has 2 atom stereocenters. The summed E-state index contributed by atoms with van der Waals surface area (Å²) in [6.45, 7) is 13.5. The monoisotopic (exact) mass is 499 g/mol. The topological polar surface area (TPSA) is 115 Å². The molecule has 10 nitrogen and oxygen atoms in total. The minimum atomic E-state index is -0.549. The minimum absolute atomic E-state index is 0.0542. The van der Waals surface area contributed by atoms with Gasteiger partial charge < -0.3 is 29.6 Å². The quantitative estimate of drug-likeness (QED) is 0.609. The van der Waals surface area contributed by atoms with E-state index in [1.165, 1.54) is 0 Å². The molecule has 1 aromatic carbocycles. The molecule has 1 aromatic heterocycles. The molecule has 2 N–H and O–H groups in total. The normalized spacial score (nSPS) is 17.4. The number of imidazole rings is 1. The highest BCUT2D eigenvalue weighted by atomic mass is 16.6. The zero-order chi connectivity index (χ0) is 26.6. The van der Waals surface area contributed by atoms with Gasteiger partial charge in [-0.3, -0.25) is 4.79 Å². The first kappa shape index (κ1) is 27.0. The Hall–Kier alpha value is -3.56. The van der Waals surface area contributed by atoms with Gasteiger partial charge in [0.1, 0.15) is 5.60 Å². The highest BCUT2D eigenvalue weighted by Gasteiger charge is 2.34. The molecule has 0 saturated carbocycles. The van der Waals surface area contributed by atoms with Crippen LogP contribution in [0.4, 0.5) is 15.3 Å². The Morgan fingerprint density at radius 2 is 1.92 bits per heavy atom. The molecule has 36 heavy (non-hydrogen) atoms. The van der Waals surface area contributed by atoms with Crippen molar-refractivity contribution in [2.75, 3.05) is 11.4 Å². The number of benzene rings is 1. The first-order valence-corrected chi connectivity index (χ1v) is 12.2. The summed E-state index contributed by atoms with van der Waals surface area (Å²) in [5.74, 6) is -0.0542. The summed E-state index contributed by atoms with van der Waals surface area (Å²) in [6, 6.07) is 5.39. The van der Waals surface area contributed by atoms with E-state index in [4.69, 9.17) is 9.47 Å². The van der Waals surface area contributed by atoms with Crippen molar-refractivity contribution in [1.29, 1.82) is 0 Å². The van der Waals surface area contributed by atoms with Gasteiger partial charge in [-0.15, -0.1) is 0 Å². The maximum absolute atomic E-state index is 12.4. The Labute approximate surface area is 212 Å². The molecule has 0 aliphatic carbocycles. The number of anilines is 1. The summed E-state index contributed by atoms with van der Waals surface area (Å²) in [6.07, 6.45) is 2.97. The van der Waals surface area contributed by atoms with Gasteiger partial charge in [0.15, 0.2) is 0 Å². The summed E-state index contributed by atoms with van der Waals surface area (Å²) < 4.78 is 12.4. The van der Waals surface area contributed by atoms with E-state index < -0.39 is 17.8 Å². The van der Waals surface area contributed by atoms with E-state index >= 15 is 0 Å². The third-order valence-electron chi connectivity index (χ3n) is 5.62. The van der Waals surface area contributed by atoms with Gasteiger partial charge >= 0.3 is 12.2 Å². The van der Waals surface area contributed by atoms with E-state index in [9.17, 15) is 14.4 Å². The number of carbonyl (C=O) groups excluding carboxylic acids is 3. The van der Waals surface area contributed by atoms with Crippen LogP contribution in [0.25, 0.3) is 11.3 Å². The van der Waals surface area contributed by atoms with Gasteiger partial charge in [0.05, 0.1) is 24.2 Å². The van der Waals surface area contributed by atoms with Crippen LogP contribution in [0.5, 0.6) is 0 Å². The number of hydrogen-bond donors (Lipinski definition) is 2. The van der Waals surface area contributed by atoms with Gasteiger partial charge in [0.25, 0.3) is 0 Å². The number of nitrogens with one attached hydrogen (secondary N) is 2. The maximum Gasteiger partial charge on any atom is 0.407 e. The predicted octanol–water partition coefficient (Wildman–Crippen LogP) is 4.40. The van der Waals surface area contributed by atoms with Crippen molar-refractivity contribution in [2.24, 2.45) is 0 Å². The highest BCUT2D eigenvalue weighted by Crippen LogP contribution is 2.39. The van der Waals surface area contributed by atoms with Crippen molar-refractivity contribution in [2.45, 2.75) is 85.2 Å². The molecule has 0 bridgehead atoms. The van der Waals surface area contributed by atoms with Crippen LogP contribution in [-0.4, -0.2) is 51.9 Å². The predicted molar refractivity (Wildman–Crippen MR) is 137 cm³/mol. The Balaban J connectivity index is 1.78. The van der Waals surface area contributed by atoms with Crippen molar-refractivity contribution >= 4 is 23.8 Å². The molecule has 3 rings (SSSR count). The molecule has 2 heterocycles. The van der Waals surface area contributed by atoms with E-state index in [0.29, 0.717) is 19.5 Å². The van der Waals surface area contributed by atoms with Crippen LogP contribution >= 0.6 is 0 Å². The van der Waals surface area contributed by atoms with Crippen LogP contribution in [0, 0.1) is 0 Å². The maximum atomic E-state index is 12.4. The third-order valence-corrected chi connectivity index (χ3v) is 5.62. The standard InChI is InChI=1S/C26H37N5O5/c1-16(2)35-25(34)29-21-12-17(3)31(18(4)32)23-9-8-19(13-20(21)23)22-14-30(15-28-22)11-10-27-24(33)36-26(5,6)7/h8-9,13-17,21H,10-12H2,1-7H3,(H,27,33)(H,29,34). The van der Waals surface area contributed by atoms with E-state index in [2.05, 4.69) is 15.6 Å². The van der Waals surface area contributed by atoms with E-state index in [-0.39, 0.29) is 24.1 Å². The summed E-state index contributed by atoms with van der Waals surface area (Å²) in [4.78, 5) is 42.9. The molecule has 3 amide bonds. The number of aromatic nitrogens is 2. The summed E-state index contributed by atoms with van der Waals surface area (Å²) in [5, 5.41) is 5.69. The van der Waals surface area contributed by atoms with Gasteiger partial charge in [-0.25, -0.2) is 14.6 Å². The van der Waals surface area contributed by atoms with Crippen LogP contribution in [0.3, 0.4) is 0 Å². The molecule has 1 aliphatic heterocycles. The number of nitrogens with zero attached hydrogens (tertiary/aromatic N) is 3. The summed E-state index contributed by atoms with van der Waals surface area (Å²) in [5.41, 5.74) is 2.65. The molecule has 2 aromatic rings. The van der Waals surface area contributed by atoms with E-state index in [1.54, 1.807) is 32.0 Å². The number of hydrogen-bond acceptors (Lipinski definition) is 6. The van der Waals surface area contributed by atoms with Crippen molar-refractivity contribution in [3.63, 3.8) is 0 Å². The van der Waals surface area contributed by atoms with Gasteiger partial charge in [0, 0.05) is 43.5 Å². The second-order valence-corrected chi connectivity index (χ2v) is 10.3. The Morgan fingerprint density at radius 1 is 1.19 bits per heavy atom. The summed E-state index contributed by atoms with van der Waals surface area (Å²) in [7, 11) is 0. The molecule has 0 fully saturated rings. The fourth-order valence-electron chi connectivity index (χ4n) is 4.26. The number of carbonyl (C=O) groups is 3. The number of rotatable bonds is 6. The number of fused-ring (bicyclic) bond motifs is 1. The molecule has 0 spiro atoms. The Morgan fingerprint density at radius 3 is 2.56 bits per heavy atom. The van der Waals surface area contributed by atoms with Crippen LogP contribution in [0.2, 0.25) is 0 Å². The SMILES string of the molecule is CC(=O)N1c2ccc(-c3cn(CCNC(=O)OC(C)(C)C)cn3)cc2C(NC(=O)OC(C)C)CC1C. The van der Waals surface area contributed by atoms with Crippen LogP contribution in [0.1, 0.15) is 66.5 Å². The second kappa shape index (κ2) is 11.0. The molecule has 10 heteroatoms. The lowest BCUT2D eigenvalue weighted by Crippen LogP contribution is -2.45. The first-order valence-electron chi connectivity index (χ1n) is 12.2. The van der Waals surface area contributed by atoms with Gasteiger partial charge in [-0.1, -0.05) is 6.07 Å². The zero-order valence-corrected chi connectivity index (χ0v) is 22.1. The summed E-state index contributed by atoms with van der Waals surface area (Å²) >= 11 is 0. The van der Waals surface area contributed by atoms with Crippen molar-refractivity contribution in [1.82, 2.24) is 20.2 Å². The van der Waals surface area contributed by atoms with E-state index in [1.807, 2.05) is 56.7 Å². The smallest absolute Gasteiger partial charge is 0.407 e. The Kier molecular flexibility index (Phi) is 8.27. The highest BCUT2D eigenvalue weighted by molar-refractivity contribution is 5.94. The lowest BCUT2D eigenvalue weighted by atomic mass is 9.90. The molecular weight excluding hydrogens is 462 g/mol. The van der Waals surface area contributed by atoms with Crippen LogP contribution in [0.15, 0.2) is 30.7 Å². The van der Waals surface area contributed by atoms with Crippen molar-refractivity contribution in [3.8, 4) is 11.3 Å². The lowest BCUT2D eigenvalue weighted by molar-refractivity contribution is -0.117. The number of ether oxygens (including phenoxy) is 2. The zero-order valence-electron chi connectivity index (χ0n) is 22.1. The minimum Gasteiger partial charge on any atom is -0.447 e. The van der Waals surface area contributed by atoms with Crippen LogP contribution in [-0.2, 0) is 20.8 Å².